The van der Waals surface area contributed by atoms with Crippen molar-refractivity contribution in [2.24, 2.45) is 10.7 Å². The smallest absolute Gasteiger partial charge is 0.384 e. The molecule has 0 fully saturated rings. The lowest BCUT2D eigenvalue weighted by Gasteiger charge is -2.08. The molecule has 1 aromatic rings. The van der Waals surface area contributed by atoms with Gasteiger partial charge in [-0.3, -0.25) is 4.99 Å². The molecule has 2 N–H and O–H groups in total. The molecule has 1 aromatic carbocycles. The molecule has 0 unspecified atom stereocenters. The van der Waals surface area contributed by atoms with Gasteiger partial charge in [-0.15, -0.1) is 0 Å². The van der Waals surface area contributed by atoms with Gasteiger partial charge in [0, 0.05) is 12.6 Å². The van der Waals surface area contributed by atoms with Crippen molar-refractivity contribution in [2.45, 2.75) is 6.18 Å². The molecule has 0 heterocycles. The fraction of sp³-hybridized carbons (Fsp3) is 0.222. The zero-order chi connectivity index (χ0) is 11.6. The van der Waals surface area contributed by atoms with Crippen LogP contribution in [0.4, 0.5) is 17.6 Å². The minimum Gasteiger partial charge on any atom is -0.384 e. The van der Waals surface area contributed by atoms with Crippen LogP contribution in [0.5, 0.6) is 0 Å². The van der Waals surface area contributed by atoms with Crippen molar-refractivity contribution in [3.63, 3.8) is 0 Å². The SMILES string of the molecule is CN=C(N)c1cc(F)cc(C(F)(F)F)c1. The Bertz CT molecular complexity index is 396. The highest BCUT2D eigenvalue weighted by molar-refractivity contribution is 5.97. The quantitative estimate of drug-likeness (QED) is 0.439. The lowest BCUT2D eigenvalue weighted by Crippen LogP contribution is -2.15. The molecule has 0 spiro atoms. The molecule has 0 saturated heterocycles. The number of hydrogen-bond acceptors (Lipinski definition) is 1. The van der Waals surface area contributed by atoms with E-state index in [-0.39, 0.29) is 11.4 Å². The van der Waals surface area contributed by atoms with E-state index in [0.717, 1.165) is 12.1 Å². The Hall–Kier alpha value is -1.59. The number of rotatable bonds is 1. The summed E-state index contributed by atoms with van der Waals surface area (Å²) in [5.41, 5.74) is 4.13. The average Bonchev–Trinajstić information content (AvgIpc) is 2.14. The highest BCUT2D eigenvalue weighted by atomic mass is 19.4. The van der Waals surface area contributed by atoms with Gasteiger partial charge in [0.15, 0.2) is 0 Å². The number of alkyl halides is 3. The van der Waals surface area contributed by atoms with Crippen LogP contribution in [-0.2, 0) is 6.18 Å². The molecule has 15 heavy (non-hydrogen) atoms. The van der Waals surface area contributed by atoms with Crippen molar-refractivity contribution in [3.8, 4) is 0 Å². The molecule has 0 bridgehead atoms. The van der Waals surface area contributed by atoms with Crippen LogP contribution in [0.2, 0.25) is 0 Å². The van der Waals surface area contributed by atoms with Gasteiger partial charge < -0.3 is 5.73 Å². The van der Waals surface area contributed by atoms with E-state index in [1.807, 2.05) is 0 Å². The molecule has 0 atom stereocenters. The van der Waals surface area contributed by atoms with Gasteiger partial charge in [-0.05, 0) is 18.2 Å². The fourth-order valence-corrected chi connectivity index (χ4v) is 1.03. The van der Waals surface area contributed by atoms with Gasteiger partial charge >= 0.3 is 6.18 Å². The monoisotopic (exact) mass is 220 g/mol. The molecule has 0 radical (unpaired) electrons. The highest BCUT2D eigenvalue weighted by Crippen LogP contribution is 2.30. The number of nitrogens with zero attached hydrogens (tertiary/aromatic N) is 1. The summed E-state index contributed by atoms with van der Waals surface area (Å²) in [7, 11) is 1.31. The van der Waals surface area contributed by atoms with E-state index in [9.17, 15) is 17.6 Å². The molecule has 0 aliphatic carbocycles. The first-order valence-corrected chi connectivity index (χ1v) is 3.95. The number of aliphatic imine (C=N–C) groups is 1. The summed E-state index contributed by atoms with van der Waals surface area (Å²) in [6.07, 6.45) is -4.59. The lowest BCUT2D eigenvalue weighted by atomic mass is 10.1. The third kappa shape index (κ3) is 2.68. The molecule has 2 nitrogen and oxygen atoms in total. The summed E-state index contributed by atoms with van der Waals surface area (Å²) in [5.74, 6) is -1.13. The minimum absolute atomic E-state index is 0.0789. The first kappa shape index (κ1) is 11.5. The van der Waals surface area contributed by atoms with E-state index in [1.54, 1.807) is 0 Å². The zero-order valence-corrected chi connectivity index (χ0v) is 7.77. The largest absolute Gasteiger partial charge is 0.416 e. The summed E-state index contributed by atoms with van der Waals surface area (Å²) < 4.78 is 49.6. The number of hydrogen-bond donors (Lipinski definition) is 1. The van der Waals surface area contributed by atoms with Crippen LogP contribution in [0.15, 0.2) is 23.2 Å². The van der Waals surface area contributed by atoms with Crippen molar-refractivity contribution in [2.75, 3.05) is 7.05 Å². The summed E-state index contributed by atoms with van der Waals surface area (Å²) in [5, 5.41) is 0. The Morgan fingerprint density at radius 3 is 2.33 bits per heavy atom. The molecule has 0 aliphatic heterocycles. The molecule has 6 heteroatoms. The van der Waals surface area contributed by atoms with Crippen molar-refractivity contribution in [1.29, 1.82) is 0 Å². The Balaban J connectivity index is 3.29. The van der Waals surface area contributed by atoms with E-state index in [1.165, 1.54) is 7.05 Å². The third-order valence-electron chi connectivity index (χ3n) is 1.76. The van der Waals surface area contributed by atoms with E-state index < -0.39 is 17.6 Å². The second kappa shape index (κ2) is 3.88. The fourth-order valence-electron chi connectivity index (χ4n) is 1.03. The van der Waals surface area contributed by atoms with Crippen LogP contribution in [0, 0.1) is 5.82 Å². The predicted octanol–water partition coefficient (Wildman–Crippen LogP) is 2.18. The van der Waals surface area contributed by atoms with Gasteiger partial charge in [-0.2, -0.15) is 13.2 Å². The third-order valence-corrected chi connectivity index (χ3v) is 1.76. The molecule has 82 valence electrons. The number of halogens is 4. The minimum atomic E-state index is -4.59. The van der Waals surface area contributed by atoms with Crippen LogP contribution >= 0.6 is 0 Å². The number of amidine groups is 1. The first-order valence-electron chi connectivity index (χ1n) is 3.95. The summed E-state index contributed by atoms with van der Waals surface area (Å²) in [4.78, 5) is 3.48. The molecule has 0 aromatic heterocycles. The maximum Gasteiger partial charge on any atom is 0.416 e. The summed E-state index contributed by atoms with van der Waals surface area (Å²) in [6.45, 7) is 0. The Labute approximate surface area is 83.4 Å². The van der Waals surface area contributed by atoms with Crippen molar-refractivity contribution in [3.05, 3.63) is 35.1 Å². The Morgan fingerprint density at radius 2 is 1.87 bits per heavy atom. The Morgan fingerprint density at radius 1 is 1.27 bits per heavy atom. The van der Waals surface area contributed by atoms with Gasteiger partial charge in [-0.25, -0.2) is 4.39 Å². The van der Waals surface area contributed by atoms with Crippen molar-refractivity contribution in [1.82, 2.24) is 0 Å². The molecular formula is C9H8F4N2. The average molecular weight is 220 g/mol. The van der Waals surface area contributed by atoms with Crippen LogP contribution in [-0.4, -0.2) is 12.9 Å². The van der Waals surface area contributed by atoms with Crippen LogP contribution in [0.1, 0.15) is 11.1 Å². The molecule has 0 amide bonds. The maximum atomic E-state index is 12.8. The standard InChI is InChI=1S/C9H8F4N2/c1-15-8(14)5-2-6(9(11,12)13)4-7(10)3-5/h2-4H,1H3,(H2,14,15). The highest BCUT2D eigenvalue weighted by Gasteiger charge is 2.31. The second-order valence-electron chi connectivity index (χ2n) is 2.84. The second-order valence-corrected chi connectivity index (χ2v) is 2.84. The predicted molar refractivity (Wildman–Crippen MR) is 48.1 cm³/mol. The van der Waals surface area contributed by atoms with Gasteiger partial charge in [0.25, 0.3) is 0 Å². The lowest BCUT2D eigenvalue weighted by molar-refractivity contribution is -0.137. The summed E-state index contributed by atoms with van der Waals surface area (Å²) >= 11 is 0. The Kier molecular flexibility index (Phi) is 2.97. The van der Waals surface area contributed by atoms with E-state index >= 15 is 0 Å². The van der Waals surface area contributed by atoms with E-state index in [0.29, 0.717) is 6.07 Å². The van der Waals surface area contributed by atoms with Gasteiger partial charge in [-0.1, -0.05) is 0 Å². The van der Waals surface area contributed by atoms with Gasteiger partial charge in [0.1, 0.15) is 11.7 Å². The topological polar surface area (TPSA) is 38.4 Å². The summed E-state index contributed by atoms with van der Waals surface area (Å²) in [6, 6.07) is 2.06. The first-order chi connectivity index (χ1) is 6.84. The zero-order valence-electron chi connectivity index (χ0n) is 7.77. The maximum absolute atomic E-state index is 12.8. The van der Waals surface area contributed by atoms with Crippen molar-refractivity contribution >= 4 is 5.84 Å². The van der Waals surface area contributed by atoms with Gasteiger partial charge in [0.05, 0.1) is 5.56 Å². The van der Waals surface area contributed by atoms with Crippen LogP contribution < -0.4 is 5.73 Å². The molecule has 0 saturated carbocycles. The molecule has 0 aliphatic rings. The van der Waals surface area contributed by atoms with Crippen molar-refractivity contribution < 1.29 is 17.6 Å². The molecule has 1 rings (SSSR count). The van der Waals surface area contributed by atoms with Crippen LogP contribution in [0.3, 0.4) is 0 Å². The number of nitrogens with two attached hydrogens (primary N) is 1. The van der Waals surface area contributed by atoms with E-state index in [2.05, 4.69) is 4.99 Å². The number of benzene rings is 1. The van der Waals surface area contributed by atoms with Gasteiger partial charge in [0.2, 0.25) is 0 Å². The normalized spacial score (nSPS) is 13.0. The van der Waals surface area contributed by atoms with Crippen LogP contribution in [0.25, 0.3) is 0 Å². The van der Waals surface area contributed by atoms with E-state index in [4.69, 9.17) is 5.73 Å². The molecular weight excluding hydrogens is 212 g/mol.